The van der Waals surface area contributed by atoms with Crippen LogP contribution in [-0.2, 0) is 17.9 Å². The second-order valence-electron chi connectivity index (χ2n) is 4.61. The van der Waals surface area contributed by atoms with E-state index in [0.29, 0.717) is 6.04 Å². The summed E-state index contributed by atoms with van der Waals surface area (Å²) in [5, 5.41) is 0. The first-order chi connectivity index (χ1) is 8.24. The normalized spacial score (nSPS) is 20.4. The van der Waals surface area contributed by atoms with Crippen molar-refractivity contribution in [3.8, 4) is 0 Å². The Labute approximate surface area is 107 Å². The second kappa shape index (κ2) is 6.40. The lowest BCUT2D eigenvalue weighted by molar-refractivity contribution is 0.200. The summed E-state index contributed by atoms with van der Waals surface area (Å²) in [5.74, 6) is 0. The average molecular weight is 252 g/mol. The van der Waals surface area contributed by atoms with Crippen LogP contribution in [0.2, 0.25) is 0 Å². The van der Waals surface area contributed by atoms with Crippen LogP contribution < -0.4 is 4.72 Å². The topological polar surface area (TPSA) is 38.3 Å². The van der Waals surface area contributed by atoms with Gasteiger partial charge in [-0.05, 0) is 18.4 Å². The minimum absolute atomic E-state index is 0.424. The van der Waals surface area contributed by atoms with Crippen LogP contribution in [0, 0.1) is 0 Å². The van der Waals surface area contributed by atoms with Crippen molar-refractivity contribution < 1.29 is 4.55 Å². The fraction of sp³-hybridized carbons (Fsp3) is 0.538. The molecule has 0 saturated carbocycles. The van der Waals surface area contributed by atoms with Crippen LogP contribution in [0.1, 0.15) is 18.4 Å². The molecule has 0 bridgehead atoms. The quantitative estimate of drug-likeness (QED) is 0.826. The van der Waals surface area contributed by atoms with Gasteiger partial charge in [-0.1, -0.05) is 30.3 Å². The van der Waals surface area contributed by atoms with Crippen molar-refractivity contribution >= 4 is 11.4 Å². The molecule has 4 heteroatoms. The monoisotopic (exact) mass is 252 g/mol. The lowest BCUT2D eigenvalue weighted by Crippen LogP contribution is -2.43. The van der Waals surface area contributed by atoms with Gasteiger partial charge in [-0.15, -0.1) is 4.72 Å². The van der Waals surface area contributed by atoms with Gasteiger partial charge in [-0.25, -0.2) is 0 Å². The summed E-state index contributed by atoms with van der Waals surface area (Å²) < 4.78 is 14.2. The van der Waals surface area contributed by atoms with Crippen molar-refractivity contribution in [2.24, 2.45) is 0 Å². The van der Waals surface area contributed by atoms with Crippen LogP contribution in [0.5, 0.6) is 0 Å². The Hall–Kier alpha value is -0.550. The highest BCUT2D eigenvalue weighted by atomic mass is 32.2. The molecule has 1 saturated heterocycles. The highest BCUT2D eigenvalue weighted by Gasteiger charge is 2.21. The number of rotatable bonds is 4. The highest BCUT2D eigenvalue weighted by molar-refractivity contribution is 7.88. The molecule has 1 aliphatic heterocycles. The van der Waals surface area contributed by atoms with Gasteiger partial charge in [0.2, 0.25) is 0 Å². The van der Waals surface area contributed by atoms with Gasteiger partial charge in [0, 0.05) is 31.0 Å². The van der Waals surface area contributed by atoms with Crippen LogP contribution >= 0.6 is 0 Å². The maximum Gasteiger partial charge on any atom is 0.115 e. The Morgan fingerprint density at radius 3 is 2.53 bits per heavy atom. The predicted molar refractivity (Wildman–Crippen MR) is 71.9 cm³/mol. The van der Waals surface area contributed by atoms with Gasteiger partial charge in [0.15, 0.2) is 0 Å². The Bertz CT molecular complexity index is 323. The van der Waals surface area contributed by atoms with E-state index in [1.54, 1.807) is 6.26 Å². The number of likely N-dealkylation sites (tertiary alicyclic amines) is 1. The zero-order chi connectivity index (χ0) is 12.1. The number of nitrogens with one attached hydrogen (secondary N) is 1. The Morgan fingerprint density at radius 2 is 1.94 bits per heavy atom. The molecule has 1 aliphatic rings. The SMILES string of the molecule is C[S+]([O-])NC1CCN(Cc2ccccc2)CC1. The van der Waals surface area contributed by atoms with Gasteiger partial charge in [0.1, 0.15) is 6.26 Å². The molecule has 1 heterocycles. The van der Waals surface area contributed by atoms with Crippen molar-refractivity contribution in [3.63, 3.8) is 0 Å². The molecular formula is C13H20N2OS. The van der Waals surface area contributed by atoms with E-state index in [2.05, 4.69) is 40.0 Å². The summed E-state index contributed by atoms with van der Waals surface area (Å²) in [6, 6.07) is 11.0. The maximum atomic E-state index is 11.1. The van der Waals surface area contributed by atoms with E-state index in [4.69, 9.17) is 0 Å². The molecule has 1 aromatic rings. The number of piperidine rings is 1. The van der Waals surface area contributed by atoms with E-state index in [1.807, 2.05) is 0 Å². The molecule has 1 fully saturated rings. The van der Waals surface area contributed by atoms with Gasteiger partial charge in [0.05, 0.1) is 6.04 Å². The molecule has 0 amide bonds. The van der Waals surface area contributed by atoms with Crippen molar-refractivity contribution in [2.75, 3.05) is 19.3 Å². The van der Waals surface area contributed by atoms with Crippen LogP contribution in [0.15, 0.2) is 30.3 Å². The van der Waals surface area contributed by atoms with Gasteiger partial charge >= 0.3 is 0 Å². The van der Waals surface area contributed by atoms with Crippen LogP contribution in [0.25, 0.3) is 0 Å². The van der Waals surface area contributed by atoms with Crippen LogP contribution in [0.4, 0.5) is 0 Å². The Kier molecular flexibility index (Phi) is 4.86. The first-order valence-electron chi connectivity index (χ1n) is 6.10. The second-order valence-corrected chi connectivity index (χ2v) is 5.75. The molecule has 1 unspecified atom stereocenters. The fourth-order valence-electron chi connectivity index (χ4n) is 2.29. The van der Waals surface area contributed by atoms with Crippen LogP contribution in [0.3, 0.4) is 0 Å². The molecule has 1 atom stereocenters. The zero-order valence-corrected chi connectivity index (χ0v) is 11.1. The Balaban J connectivity index is 1.76. The summed E-state index contributed by atoms with van der Waals surface area (Å²) in [5.41, 5.74) is 1.37. The third kappa shape index (κ3) is 4.32. The maximum absolute atomic E-state index is 11.1. The number of hydrogen-bond acceptors (Lipinski definition) is 3. The summed E-state index contributed by atoms with van der Waals surface area (Å²) in [4.78, 5) is 2.46. The van der Waals surface area contributed by atoms with E-state index in [0.717, 1.165) is 32.5 Å². The van der Waals surface area contributed by atoms with Gasteiger partial charge in [-0.3, -0.25) is 4.90 Å². The lowest BCUT2D eigenvalue weighted by Gasteiger charge is -2.31. The third-order valence-corrected chi connectivity index (χ3v) is 3.83. The molecule has 0 spiro atoms. The summed E-state index contributed by atoms with van der Waals surface area (Å²) >= 11 is -0.881. The van der Waals surface area contributed by atoms with Crippen molar-refractivity contribution in [3.05, 3.63) is 35.9 Å². The fourth-order valence-corrected chi connectivity index (χ4v) is 2.99. The van der Waals surface area contributed by atoms with E-state index in [1.165, 1.54) is 5.56 Å². The van der Waals surface area contributed by atoms with Gasteiger partial charge < -0.3 is 4.55 Å². The first kappa shape index (κ1) is 12.9. The summed E-state index contributed by atoms with van der Waals surface area (Å²) in [6.45, 7) is 3.20. The molecule has 1 N–H and O–H groups in total. The lowest BCUT2D eigenvalue weighted by atomic mass is 10.1. The minimum Gasteiger partial charge on any atom is -0.598 e. The number of benzene rings is 1. The van der Waals surface area contributed by atoms with Crippen molar-refractivity contribution in [2.45, 2.75) is 25.4 Å². The van der Waals surface area contributed by atoms with Crippen molar-refractivity contribution in [1.82, 2.24) is 9.62 Å². The van der Waals surface area contributed by atoms with E-state index in [9.17, 15) is 4.55 Å². The molecule has 0 aromatic heterocycles. The average Bonchev–Trinajstić information content (AvgIpc) is 2.32. The third-order valence-electron chi connectivity index (χ3n) is 3.17. The first-order valence-corrected chi connectivity index (χ1v) is 7.66. The van der Waals surface area contributed by atoms with E-state index < -0.39 is 11.4 Å². The molecule has 0 radical (unpaired) electrons. The van der Waals surface area contributed by atoms with Gasteiger partial charge in [0.25, 0.3) is 0 Å². The summed E-state index contributed by atoms with van der Waals surface area (Å²) in [6.07, 6.45) is 3.88. The molecule has 2 rings (SSSR count). The Morgan fingerprint density at radius 1 is 1.29 bits per heavy atom. The molecule has 17 heavy (non-hydrogen) atoms. The number of hydrogen-bond donors (Lipinski definition) is 1. The smallest absolute Gasteiger partial charge is 0.115 e. The molecular weight excluding hydrogens is 232 g/mol. The highest BCUT2D eigenvalue weighted by Crippen LogP contribution is 2.14. The number of nitrogens with zero attached hydrogens (tertiary/aromatic N) is 1. The summed E-state index contributed by atoms with van der Waals surface area (Å²) in [7, 11) is 0. The van der Waals surface area contributed by atoms with E-state index in [-0.39, 0.29) is 0 Å². The zero-order valence-electron chi connectivity index (χ0n) is 10.3. The minimum atomic E-state index is -0.881. The van der Waals surface area contributed by atoms with Crippen molar-refractivity contribution in [1.29, 1.82) is 0 Å². The molecule has 94 valence electrons. The van der Waals surface area contributed by atoms with E-state index >= 15 is 0 Å². The standard InChI is InChI=1S/C13H20N2OS/c1-17(16)14-13-7-9-15(10-8-13)11-12-5-3-2-4-6-12/h2-6,13-14H,7-11H2,1H3. The molecule has 0 aliphatic carbocycles. The largest absolute Gasteiger partial charge is 0.598 e. The van der Waals surface area contributed by atoms with Crippen LogP contribution in [-0.4, -0.2) is 34.8 Å². The molecule has 3 nitrogen and oxygen atoms in total. The molecule has 1 aromatic carbocycles. The van der Waals surface area contributed by atoms with Gasteiger partial charge in [-0.2, -0.15) is 0 Å². The predicted octanol–water partition coefficient (Wildman–Crippen LogP) is 1.53.